The van der Waals surface area contributed by atoms with Gasteiger partial charge in [-0.3, -0.25) is 0 Å². The molecule has 21 heavy (non-hydrogen) atoms. The van der Waals surface area contributed by atoms with Crippen LogP contribution in [0.1, 0.15) is 11.7 Å². The third-order valence-electron chi connectivity index (χ3n) is 2.35. The number of hydrogen-bond acceptors (Lipinski definition) is 5. The minimum absolute atomic E-state index is 0.140. The van der Waals surface area contributed by atoms with Crippen molar-refractivity contribution in [2.24, 2.45) is 0 Å². The molecule has 0 unspecified atom stereocenters. The first-order valence-electron chi connectivity index (χ1n) is 5.72. The van der Waals surface area contributed by atoms with E-state index >= 15 is 0 Å². The Balaban J connectivity index is 2.02. The lowest BCUT2D eigenvalue weighted by Gasteiger charge is -2.07. The predicted octanol–water partition coefficient (Wildman–Crippen LogP) is 4.24. The van der Waals surface area contributed by atoms with E-state index in [-0.39, 0.29) is 17.5 Å². The van der Waals surface area contributed by atoms with Crippen molar-refractivity contribution in [2.45, 2.75) is 23.2 Å². The van der Waals surface area contributed by atoms with Gasteiger partial charge in [-0.1, -0.05) is 21.1 Å². The van der Waals surface area contributed by atoms with Gasteiger partial charge in [-0.05, 0) is 18.2 Å². The molecule has 0 fully saturated rings. The Morgan fingerprint density at radius 3 is 2.81 bits per heavy atom. The highest BCUT2D eigenvalue weighted by molar-refractivity contribution is 9.10. The average molecular weight is 383 g/mol. The second kappa shape index (κ2) is 6.69. The molecule has 0 amide bonds. The Labute approximate surface area is 131 Å². The van der Waals surface area contributed by atoms with E-state index in [0.29, 0.717) is 5.75 Å². The highest BCUT2D eigenvalue weighted by Crippen LogP contribution is 2.33. The minimum atomic E-state index is -4.35. The largest absolute Gasteiger partial charge is 0.496 e. The smallest absolute Gasteiger partial charge is 0.396 e. The van der Waals surface area contributed by atoms with Crippen molar-refractivity contribution in [3.63, 3.8) is 0 Å². The molecule has 4 nitrogen and oxygen atoms in total. The summed E-state index contributed by atoms with van der Waals surface area (Å²) in [4.78, 5) is 4.54. The van der Waals surface area contributed by atoms with Crippen LogP contribution >= 0.6 is 27.7 Å². The van der Waals surface area contributed by atoms with Crippen molar-refractivity contribution in [1.29, 1.82) is 0 Å². The van der Waals surface area contributed by atoms with Crippen molar-refractivity contribution >= 4 is 27.7 Å². The lowest BCUT2D eigenvalue weighted by Crippen LogP contribution is -2.12. The highest BCUT2D eigenvalue weighted by Gasteiger charge is 2.30. The summed E-state index contributed by atoms with van der Waals surface area (Å²) in [5.41, 5.74) is 0. The Morgan fingerprint density at radius 2 is 2.14 bits per heavy atom. The molecule has 1 aromatic carbocycles. The van der Waals surface area contributed by atoms with Crippen molar-refractivity contribution in [1.82, 2.24) is 10.1 Å². The lowest BCUT2D eigenvalue weighted by atomic mass is 10.3. The van der Waals surface area contributed by atoms with Crippen molar-refractivity contribution in [3.8, 4) is 5.75 Å². The number of ether oxygens (including phenoxy) is 1. The Hall–Kier alpha value is -1.22. The van der Waals surface area contributed by atoms with Crippen molar-refractivity contribution in [3.05, 3.63) is 34.4 Å². The van der Waals surface area contributed by atoms with Crippen LogP contribution in [0.2, 0.25) is 0 Å². The van der Waals surface area contributed by atoms with Crippen molar-refractivity contribution in [2.75, 3.05) is 7.11 Å². The molecule has 0 bridgehead atoms. The normalized spacial score (nSPS) is 11.7. The monoisotopic (exact) mass is 382 g/mol. The number of methoxy groups -OCH3 is 1. The van der Waals surface area contributed by atoms with Gasteiger partial charge in [0.1, 0.15) is 12.2 Å². The summed E-state index contributed by atoms with van der Waals surface area (Å²) in [6.45, 7) is 0. The van der Waals surface area contributed by atoms with Gasteiger partial charge in [-0.2, -0.15) is 18.2 Å². The third-order valence-corrected chi connectivity index (χ3v) is 3.86. The zero-order valence-corrected chi connectivity index (χ0v) is 13.2. The van der Waals surface area contributed by atoms with Gasteiger partial charge in [-0.25, -0.2) is 0 Å². The molecule has 0 N–H and O–H groups in total. The first-order chi connectivity index (χ1) is 9.87. The van der Waals surface area contributed by atoms with Crippen LogP contribution in [0.3, 0.4) is 0 Å². The molecule has 0 spiro atoms. The highest BCUT2D eigenvalue weighted by atomic mass is 79.9. The van der Waals surface area contributed by atoms with Gasteiger partial charge >= 0.3 is 6.18 Å². The standard InChI is InChI=1S/C12H10BrF3N2O2S/c1-19-8-3-2-7(13)4-9(8)21-6-11-17-10(18-20-11)5-12(14,15)16/h2-4H,5-6H2,1H3. The number of thioether (sulfide) groups is 1. The topological polar surface area (TPSA) is 48.2 Å². The number of nitrogens with zero attached hydrogens (tertiary/aromatic N) is 2. The van der Waals surface area contributed by atoms with Gasteiger partial charge < -0.3 is 9.26 Å². The summed E-state index contributed by atoms with van der Waals surface area (Å²) in [5.74, 6) is 0.705. The number of rotatable bonds is 5. The van der Waals surface area contributed by atoms with E-state index in [0.717, 1.165) is 9.37 Å². The number of halogens is 4. The van der Waals surface area contributed by atoms with E-state index in [4.69, 9.17) is 9.26 Å². The van der Waals surface area contributed by atoms with Crippen LogP contribution < -0.4 is 4.74 Å². The van der Waals surface area contributed by atoms with Gasteiger partial charge in [-0.15, -0.1) is 11.8 Å². The molecule has 0 aliphatic carbocycles. The molecule has 0 aliphatic rings. The summed E-state index contributed by atoms with van der Waals surface area (Å²) < 4.78 is 47.5. The van der Waals surface area contributed by atoms with Gasteiger partial charge in [0.2, 0.25) is 5.89 Å². The summed E-state index contributed by atoms with van der Waals surface area (Å²) in [6.07, 6.45) is -5.54. The van der Waals surface area contributed by atoms with Gasteiger partial charge in [0, 0.05) is 4.47 Å². The van der Waals surface area contributed by atoms with E-state index in [1.165, 1.54) is 11.8 Å². The molecule has 114 valence electrons. The van der Waals surface area contributed by atoms with Gasteiger partial charge in [0.25, 0.3) is 0 Å². The molecule has 2 aromatic rings. The molecular formula is C12H10BrF3N2O2S. The molecule has 2 rings (SSSR count). The molecule has 1 heterocycles. The van der Waals surface area contributed by atoms with Crippen LogP contribution in [0.15, 0.2) is 32.1 Å². The van der Waals surface area contributed by atoms with Gasteiger partial charge in [0.05, 0.1) is 17.8 Å². The lowest BCUT2D eigenvalue weighted by molar-refractivity contribution is -0.128. The maximum absolute atomic E-state index is 12.2. The molecule has 0 saturated carbocycles. The number of alkyl halides is 3. The fraction of sp³-hybridized carbons (Fsp3) is 0.333. The average Bonchev–Trinajstić information content (AvgIpc) is 2.82. The van der Waals surface area contributed by atoms with E-state index in [1.807, 2.05) is 12.1 Å². The Morgan fingerprint density at radius 1 is 1.38 bits per heavy atom. The van der Waals surface area contributed by atoms with Crippen LogP contribution in [-0.4, -0.2) is 23.4 Å². The van der Waals surface area contributed by atoms with Crippen LogP contribution in [0.5, 0.6) is 5.75 Å². The van der Waals surface area contributed by atoms with Crippen LogP contribution in [0.4, 0.5) is 13.2 Å². The van der Waals surface area contributed by atoms with E-state index in [1.54, 1.807) is 13.2 Å². The zero-order chi connectivity index (χ0) is 15.5. The number of aromatic nitrogens is 2. The van der Waals surface area contributed by atoms with Gasteiger partial charge in [0.15, 0.2) is 5.82 Å². The molecule has 0 radical (unpaired) electrons. The molecule has 1 aromatic heterocycles. The van der Waals surface area contributed by atoms with Crippen molar-refractivity contribution < 1.29 is 22.4 Å². The summed E-state index contributed by atoms with van der Waals surface area (Å²) in [6, 6.07) is 5.46. The Bertz CT molecular complexity index is 619. The summed E-state index contributed by atoms with van der Waals surface area (Å²) >= 11 is 4.68. The van der Waals surface area contributed by atoms with E-state index in [2.05, 4.69) is 26.1 Å². The Kier molecular flexibility index (Phi) is 5.15. The van der Waals surface area contributed by atoms with Crippen LogP contribution in [-0.2, 0) is 12.2 Å². The van der Waals surface area contributed by atoms with E-state index in [9.17, 15) is 13.2 Å². The first-order valence-corrected chi connectivity index (χ1v) is 7.50. The SMILES string of the molecule is COc1ccc(Br)cc1SCc1nc(CC(F)(F)F)no1. The molecule has 0 saturated heterocycles. The maximum atomic E-state index is 12.2. The van der Waals surface area contributed by atoms with Crippen LogP contribution in [0.25, 0.3) is 0 Å². The quantitative estimate of drug-likeness (QED) is 0.723. The third kappa shape index (κ3) is 4.92. The second-order valence-corrected chi connectivity index (χ2v) is 5.91. The second-order valence-electron chi connectivity index (χ2n) is 3.98. The zero-order valence-electron chi connectivity index (χ0n) is 10.8. The molecular weight excluding hydrogens is 373 g/mol. The van der Waals surface area contributed by atoms with E-state index < -0.39 is 12.6 Å². The first kappa shape index (κ1) is 16.2. The number of hydrogen-bond donors (Lipinski definition) is 0. The summed E-state index contributed by atoms with van der Waals surface area (Å²) in [5, 5.41) is 3.31. The fourth-order valence-electron chi connectivity index (χ4n) is 1.50. The molecule has 9 heteroatoms. The molecule has 0 atom stereocenters. The molecule has 0 aliphatic heterocycles. The maximum Gasteiger partial charge on any atom is 0.396 e. The summed E-state index contributed by atoms with van der Waals surface area (Å²) in [7, 11) is 1.54. The number of benzene rings is 1. The fourth-order valence-corrected chi connectivity index (χ4v) is 2.92. The minimum Gasteiger partial charge on any atom is -0.496 e. The predicted molar refractivity (Wildman–Crippen MR) is 74.3 cm³/mol. The van der Waals surface area contributed by atoms with Crippen LogP contribution in [0, 0.1) is 0 Å².